The molecule has 0 aliphatic heterocycles. The maximum atomic E-state index is 13.5. The molecule has 0 aliphatic rings. The molecule has 1 aromatic carbocycles. The molecule has 0 radical (unpaired) electrons. The Labute approximate surface area is 86.2 Å². The van der Waals surface area contributed by atoms with Crippen molar-refractivity contribution in [2.24, 2.45) is 7.05 Å². The first kappa shape index (κ1) is 9.83. The summed E-state index contributed by atoms with van der Waals surface area (Å²) in [6, 6.07) is 3.12. The second kappa shape index (κ2) is 3.46. The minimum atomic E-state index is -0.817. The minimum Gasteiger partial charge on any atom is -0.275 e. The zero-order chi connectivity index (χ0) is 11.0. The van der Waals surface area contributed by atoms with Gasteiger partial charge in [-0.3, -0.25) is 4.68 Å². The van der Waals surface area contributed by atoms with E-state index in [1.165, 1.54) is 13.1 Å². The Balaban J connectivity index is 2.59. The van der Waals surface area contributed by atoms with E-state index >= 15 is 0 Å². The van der Waals surface area contributed by atoms with Crippen LogP contribution < -0.4 is 0 Å². The predicted molar refractivity (Wildman–Crippen MR) is 53.3 cm³/mol. The van der Waals surface area contributed by atoms with E-state index in [-0.39, 0.29) is 5.56 Å². The van der Waals surface area contributed by atoms with E-state index in [0.717, 1.165) is 0 Å². The number of rotatable bonds is 1. The molecule has 0 saturated heterocycles. The van der Waals surface area contributed by atoms with Crippen molar-refractivity contribution in [3.8, 4) is 11.1 Å². The number of hydrogen-bond acceptors (Lipinski definition) is 1. The molecule has 0 N–H and O–H groups in total. The number of aryl methyl sites for hydroxylation is 2. The van der Waals surface area contributed by atoms with E-state index in [9.17, 15) is 8.78 Å². The van der Waals surface area contributed by atoms with Gasteiger partial charge in [-0.1, -0.05) is 12.1 Å². The standard InChI is InChI=1S/C11H10F2N2/c1-7-3-4-9(11(13)10(7)12)8-5-14-15(2)6-8/h3-6H,1-2H3. The Bertz CT molecular complexity index is 503. The first-order valence-electron chi connectivity index (χ1n) is 4.53. The monoisotopic (exact) mass is 208 g/mol. The van der Waals surface area contributed by atoms with Gasteiger partial charge in [0.15, 0.2) is 11.6 Å². The summed E-state index contributed by atoms with van der Waals surface area (Å²) in [6.45, 7) is 1.53. The van der Waals surface area contributed by atoms with Crippen LogP contribution in [0.2, 0.25) is 0 Å². The third-order valence-corrected chi connectivity index (χ3v) is 2.29. The molecule has 1 heterocycles. The summed E-state index contributed by atoms with van der Waals surface area (Å²) in [5.41, 5.74) is 1.13. The number of aromatic nitrogens is 2. The molecule has 0 fully saturated rings. The van der Waals surface area contributed by atoms with Crippen LogP contribution in [0.4, 0.5) is 8.78 Å². The van der Waals surface area contributed by atoms with E-state index < -0.39 is 11.6 Å². The van der Waals surface area contributed by atoms with Crippen LogP contribution in [0, 0.1) is 18.6 Å². The van der Waals surface area contributed by atoms with Gasteiger partial charge in [0.05, 0.1) is 6.20 Å². The van der Waals surface area contributed by atoms with Crippen LogP contribution in [0.15, 0.2) is 24.5 Å². The third-order valence-electron chi connectivity index (χ3n) is 2.29. The second-order valence-electron chi connectivity index (χ2n) is 3.46. The lowest BCUT2D eigenvalue weighted by Gasteiger charge is -2.03. The van der Waals surface area contributed by atoms with Crippen molar-refractivity contribution >= 4 is 0 Å². The largest absolute Gasteiger partial charge is 0.275 e. The van der Waals surface area contributed by atoms with Gasteiger partial charge in [-0.25, -0.2) is 8.78 Å². The summed E-state index contributed by atoms with van der Waals surface area (Å²) in [5.74, 6) is -1.61. The molecule has 0 atom stereocenters. The fourth-order valence-corrected chi connectivity index (χ4v) is 1.43. The highest BCUT2D eigenvalue weighted by Crippen LogP contribution is 2.25. The molecule has 0 bridgehead atoms. The Morgan fingerprint density at radius 1 is 1.20 bits per heavy atom. The van der Waals surface area contributed by atoms with Crippen LogP contribution in [-0.4, -0.2) is 9.78 Å². The van der Waals surface area contributed by atoms with Gasteiger partial charge in [0.1, 0.15) is 0 Å². The maximum absolute atomic E-state index is 13.5. The summed E-state index contributed by atoms with van der Waals surface area (Å²) in [4.78, 5) is 0. The van der Waals surface area contributed by atoms with Crippen LogP contribution in [0.3, 0.4) is 0 Å². The highest BCUT2D eigenvalue weighted by Gasteiger charge is 2.13. The fourth-order valence-electron chi connectivity index (χ4n) is 1.43. The highest BCUT2D eigenvalue weighted by molar-refractivity contribution is 5.63. The Hall–Kier alpha value is -1.71. The fraction of sp³-hybridized carbons (Fsp3) is 0.182. The molecule has 0 spiro atoms. The molecule has 4 heteroatoms. The molecule has 0 saturated carbocycles. The molecule has 15 heavy (non-hydrogen) atoms. The van der Waals surface area contributed by atoms with Crippen LogP contribution in [0.5, 0.6) is 0 Å². The van der Waals surface area contributed by atoms with Crippen molar-refractivity contribution in [1.29, 1.82) is 0 Å². The van der Waals surface area contributed by atoms with E-state index in [0.29, 0.717) is 11.1 Å². The first-order chi connectivity index (χ1) is 7.09. The highest BCUT2D eigenvalue weighted by atomic mass is 19.2. The molecular formula is C11H10F2N2. The summed E-state index contributed by atoms with van der Waals surface area (Å²) in [6.07, 6.45) is 3.15. The molecule has 0 amide bonds. The number of nitrogens with zero attached hydrogens (tertiary/aromatic N) is 2. The van der Waals surface area contributed by atoms with Crippen molar-refractivity contribution in [3.05, 3.63) is 41.7 Å². The molecule has 78 valence electrons. The van der Waals surface area contributed by atoms with Crippen molar-refractivity contribution in [2.75, 3.05) is 0 Å². The number of hydrogen-bond donors (Lipinski definition) is 0. The Morgan fingerprint density at radius 2 is 1.93 bits per heavy atom. The van der Waals surface area contributed by atoms with Gasteiger partial charge in [-0.2, -0.15) is 5.10 Å². The van der Waals surface area contributed by atoms with Crippen LogP contribution >= 0.6 is 0 Å². The molecule has 1 aromatic heterocycles. The van der Waals surface area contributed by atoms with Gasteiger partial charge in [-0.05, 0) is 12.5 Å². The average molecular weight is 208 g/mol. The van der Waals surface area contributed by atoms with Crippen molar-refractivity contribution in [1.82, 2.24) is 9.78 Å². The molecule has 0 aliphatic carbocycles. The van der Waals surface area contributed by atoms with Gasteiger partial charge >= 0.3 is 0 Å². The van der Waals surface area contributed by atoms with Crippen LogP contribution in [-0.2, 0) is 7.05 Å². The van der Waals surface area contributed by atoms with E-state index in [1.54, 1.807) is 30.1 Å². The first-order valence-corrected chi connectivity index (χ1v) is 4.53. The molecule has 2 nitrogen and oxygen atoms in total. The van der Waals surface area contributed by atoms with Crippen LogP contribution in [0.1, 0.15) is 5.56 Å². The van der Waals surface area contributed by atoms with Gasteiger partial charge in [0.2, 0.25) is 0 Å². The maximum Gasteiger partial charge on any atom is 0.167 e. The summed E-state index contributed by atoms with van der Waals surface area (Å²) >= 11 is 0. The molecular weight excluding hydrogens is 198 g/mol. The lowest BCUT2D eigenvalue weighted by Crippen LogP contribution is -1.92. The Morgan fingerprint density at radius 3 is 2.53 bits per heavy atom. The molecule has 2 rings (SSSR count). The number of benzene rings is 1. The van der Waals surface area contributed by atoms with Gasteiger partial charge in [0, 0.05) is 24.4 Å². The lowest BCUT2D eigenvalue weighted by molar-refractivity contribution is 0.505. The smallest absolute Gasteiger partial charge is 0.167 e. The van der Waals surface area contributed by atoms with Crippen molar-refractivity contribution < 1.29 is 8.78 Å². The van der Waals surface area contributed by atoms with Gasteiger partial charge < -0.3 is 0 Å². The van der Waals surface area contributed by atoms with Crippen LogP contribution in [0.25, 0.3) is 11.1 Å². The average Bonchev–Trinajstić information content (AvgIpc) is 2.61. The summed E-state index contributed by atoms with van der Waals surface area (Å²) in [7, 11) is 1.73. The Kier molecular flexibility index (Phi) is 2.26. The van der Waals surface area contributed by atoms with Crippen molar-refractivity contribution in [2.45, 2.75) is 6.92 Å². The van der Waals surface area contributed by atoms with Gasteiger partial charge in [-0.15, -0.1) is 0 Å². The SMILES string of the molecule is Cc1ccc(-c2cnn(C)c2)c(F)c1F. The summed E-state index contributed by atoms with van der Waals surface area (Å²) < 4.78 is 28.4. The topological polar surface area (TPSA) is 17.8 Å². The third kappa shape index (κ3) is 1.63. The van der Waals surface area contributed by atoms with Gasteiger partial charge in [0.25, 0.3) is 0 Å². The predicted octanol–water partition coefficient (Wildman–Crippen LogP) is 2.67. The zero-order valence-electron chi connectivity index (χ0n) is 8.46. The lowest BCUT2D eigenvalue weighted by atomic mass is 10.1. The zero-order valence-corrected chi connectivity index (χ0v) is 8.46. The van der Waals surface area contributed by atoms with E-state index in [4.69, 9.17) is 0 Å². The molecule has 0 unspecified atom stereocenters. The van der Waals surface area contributed by atoms with E-state index in [2.05, 4.69) is 5.10 Å². The normalized spacial score (nSPS) is 10.7. The van der Waals surface area contributed by atoms with Crippen molar-refractivity contribution in [3.63, 3.8) is 0 Å². The minimum absolute atomic E-state index is 0.242. The quantitative estimate of drug-likeness (QED) is 0.704. The molecule has 2 aromatic rings. The number of halogens is 2. The summed E-state index contributed by atoms with van der Waals surface area (Å²) in [5, 5.41) is 3.91. The van der Waals surface area contributed by atoms with E-state index in [1.807, 2.05) is 0 Å². The second-order valence-corrected chi connectivity index (χ2v) is 3.46.